The zero-order valence-corrected chi connectivity index (χ0v) is 14.6. The van der Waals surface area contributed by atoms with Gasteiger partial charge < -0.3 is 9.84 Å². The lowest BCUT2D eigenvalue weighted by Crippen LogP contribution is -2.31. The Hall–Kier alpha value is -2.11. The van der Waals surface area contributed by atoms with Crippen molar-refractivity contribution in [3.05, 3.63) is 58.9 Å². The van der Waals surface area contributed by atoms with Gasteiger partial charge in [0.1, 0.15) is 17.3 Å². The molecule has 1 aliphatic heterocycles. The van der Waals surface area contributed by atoms with Gasteiger partial charge in [-0.2, -0.15) is 0 Å². The van der Waals surface area contributed by atoms with Gasteiger partial charge in [0.05, 0.1) is 10.4 Å². The molecule has 2 aromatic rings. The van der Waals surface area contributed by atoms with Crippen molar-refractivity contribution in [3.8, 4) is 11.5 Å². The summed E-state index contributed by atoms with van der Waals surface area (Å²) >= 11 is 6.03. The summed E-state index contributed by atoms with van der Waals surface area (Å²) in [5, 5.41) is 9.57. The number of para-hydroxylation sites is 1. The summed E-state index contributed by atoms with van der Waals surface area (Å²) in [7, 11) is 0. The Morgan fingerprint density at radius 2 is 2.08 bits per heavy atom. The summed E-state index contributed by atoms with van der Waals surface area (Å²) in [4.78, 5) is 13.5. The van der Waals surface area contributed by atoms with Crippen molar-refractivity contribution < 1.29 is 19.0 Å². The van der Waals surface area contributed by atoms with Gasteiger partial charge in [0.15, 0.2) is 0 Å². The minimum atomic E-state index is -0.766. The van der Waals surface area contributed by atoms with Crippen molar-refractivity contribution in [2.75, 3.05) is 13.1 Å². The van der Waals surface area contributed by atoms with Crippen LogP contribution in [0.1, 0.15) is 18.9 Å². The summed E-state index contributed by atoms with van der Waals surface area (Å²) in [6.45, 7) is 3.57. The molecule has 0 aromatic heterocycles. The minimum absolute atomic E-state index is 0.203. The predicted molar refractivity (Wildman–Crippen MR) is 93.6 cm³/mol. The van der Waals surface area contributed by atoms with Crippen LogP contribution in [0.3, 0.4) is 0 Å². The normalized spacial score (nSPS) is 20.6. The van der Waals surface area contributed by atoms with Gasteiger partial charge >= 0.3 is 5.97 Å². The molecule has 4 nitrogen and oxygen atoms in total. The zero-order valence-electron chi connectivity index (χ0n) is 13.8. The maximum Gasteiger partial charge on any atom is 0.310 e. The number of hydrogen-bond donors (Lipinski definition) is 1. The van der Waals surface area contributed by atoms with E-state index in [-0.39, 0.29) is 5.02 Å². The van der Waals surface area contributed by atoms with Crippen LogP contribution in [0.5, 0.6) is 11.5 Å². The molecule has 1 saturated heterocycles. The molecule has 2 aromatic carbocycles. The highest BCUT2D eigenvalue weighted by Gasteiger charge is 2.40. The van der Waals surface area contributed by atoms with Gasteiger partial charge in [0.25, 0.3) is 0 Å². The predicted octanol–water partition coefficient (Wildman–Crippen LogP) is 4.57. The van der Waals surface area contributed by atoms with Crippen molar-refractivity contribution in [3.63, 3.8) is 0 Å². The van der Waals surface area contributed by atoms with Gasteiger partial charge in [-0.05, 0) is 44.2 Å². The highest BCUT2D eigenvalue weighted by atomic mass is 35.5. The average molecular weight is 364 g/mol. The molecule has 3 rings (SSSR count). The van der Waals surface area contributed by atoms with E-state index in [9.17, 15) is 14.3 Å². The number of carboxylic acid groups (broad SMARTS) is 1. The molecular formula is C19H19ClFNO3. The van der Waals surface area contributed by atoms with Crippen LogP contribution >= 0.6 is 11.6 Å². The van der Waals surface area contributed by atoms with Crippen LogP contribution in [-0.4, -0.2) is 29.1 Å². The van der Waals surface area contributed by atoms with E-state index in [0.29, 0.717) is 37.6 Å². The summed E-state index contributed by atoms with van der Waals surface area (Å²) in [6, 6.07) is 11.5. The molecule has 1 aliphatic rings. The van der Waals surface area contributed by atoms with Gasteiger partial charge in [-0.1, -0.05) is 29.8 Å². The Kier molecular flexibility index (Phi) is 4.97. The third kappa shape index (κ3) is 3.94. The topological polar surface area (TPSA) is 49.8 Å². The van der Waals surface area contributed by atoms with E-state index in [1.165, 1.54) is 18.2 Å². The number of hydrogen-bond acceptors (Lipinski definition) is 3. The van der Waals surface area contributed by atoms with E-state index >= 15 is 0 Å². The van der Waals surface area contributed by atoms with Crippen molar-refractivity contribution >= 4 is 17.6 Å². The molecule has 1 fully saturated rings. The lowest BCUT2D eigenvalue weighted by atomic mass is 9.90. The van der Waals surface area contributed by atoms with E-state index in [4.69, 9.17) is 16.3 Å². The first-order valence-electron chi connectivity index (χ1n) is 8.04. The molecule has 0 amide bonds. The zero-order chi connectivity index (χ0) is 18.0. The van der Waals surface area contributed by atoms with E-state index in [1.54, 1.807) is 6.92 Å². The molecule has 25 heavy (non-hydrogen) atoms. The minimum Gasteiger partial charge on any atom is -0.481 e. The number of aliphatic carboxylic acids is 1. The first kappa shape index (κ1) is 17.7. The van der Waals surface area contributed by atoms with Gasteiger partial charge in [0, 0.05) is 18.7 Å². The molecule has 1 N–H and O–H groups in total. The summed E-state index contributed by atoms with van der Waals surface area (Å²) in [5.74, 6) is -0.180. The number of carbonyl (C=O) groups is 1. The molecule has 0 bridgehead atoms. The molecule has 1 heterocycles. The molecule has 1 unspecified atom stereocenters. The molecule has 0 spiro atoms. The fourth-order valence-electron chi connectivity index (χ4n) is 3.02. The second-order valence-corrected chi connectivity index (χ2v) is 7.02. The average Bonchev–Trinajstić information content (AvgIpc) is 2.94. The van der Waals surface area contributed by atoms with E-state index in [2.05, 4.69) is 4.90 Å². The largest absolute Gasteiger partial charge is 0.481 e. The van der Waals surface area contributed by atoms with E-state index < -0.39 is 17.2 Å². The van der Waals surface area contributed by atoms with Gasteiger partial charge in [-0.25, -0.2) is 4.39 Å². The first-order chi connectivity index (χ1) is 11.9. The summed E-state index contributed by atoms with van der Waals surface area (Å²) < 4.78 is 19.0. The lowest BCUT2D eigenvalue weighted by Gasteiger charge is -2.21. The molecule has 1 atom stereocenters. The number of rotatable bonds is 5. The standard InChI is InChI=1S/C19H19ClFNO3/c1-19(18(23)24)8-9-22(12-19)11-13-4-2-3-5-16(13)25-17-7-6-14(21)10-15(17)20/h2-7,10H,8-9,11-12H2,1H3,(H,23,24). The number of nitrogens with zero attached hydrogens (tertiary/aromatic N) is 1. The summed E-state index contributed by atoms with van der Waals surface area (Å²) in [6.07, 6.45) is 0.620. The number of carboxylic acids is 1. The monoisotopic (exact) mass is 363 g/mol. The van der Waals surface area contributed by atoms with Gasteiger partial charge in [0.2, 0.25) is 0 Å². The fourth-order valence-corrected chi connectivity index (χ4v) is 3.22. The van der Waals surface area contributed by atoms with E-state index in [0.717, 1.165) is 5.56 Å². The Labute approximate surface area is 150 Å². The summed E-state index contributed by atoms with van der Waals surface area (Å²) in [5.41, 5.74) is 0.216. The quantitative estimate of drug-likeness (QED) is 0.845. The second-order valence-electron chi connectivity index (χ2n) is 6.61. The lowest BCUT2D eigenvalue weighted by molar-refractivity contribution is -0.147. The van der Waals surface area contributed by atoms with Crippen molar-refractivity contribution in [1.82, 2.24) is 4.90 Å². The smallest absolute Gasteiger partial charge is 0.310 e. The van der Waals surface area contributed by atoms with Crippen molar-refractivity contribution in [1.29, 1.82) is 0 Å². The number of benzene rings is 2. The second kappa shape index (κ2) is 7.02. The van der Waals surface area contributed by atoms with Gasteiger partial charge in [-0.15, -0.1) is 0 Å². The van der Waals surface area contributed by atoms with Crippen LogP contribution < -0.4 is 4.74 Å². The van der Waals surface area contributed by atoms with E-state index in [1.807, 2.05) is 24.3 Å². The fraction of sp³-hybridized carbons (Fsp3) is 0.316. The van der Waals surface area contributed by atoms with Crippen molar-refractivity contribution in [2.45, 2.75) is 19.9 Å². The van der Waals surface area contributed by atoms with Crippen LogP contribution in [0.4, 0.5) is 4.39 Å². The third-order valence-electron chi connectivity index (χ3n) is 4.55. The molecule has 0 aliphatic carbocycles. The number of halogens is 2. The highest BCUT2D eigenvalue weighted by Crippen LogP contribution is 2.35. The van der Waals surface area contributed by atoms with Crippen LogP contribution in [0.25, 0.3) is 0 Å². The first-order valence-corrected chi connectivity index (χ1v) is 8.42. The van der Waals surface area contributed by atoms with Crippen LogP contribution in [0.2, 0.25) is 5.02 Å². The Balaban J connectivity index is 1.77. The van der Waals surface area contributed by atoms with Crippen LogP contribution in [-0.2, 0) is 11.3 Å². The third-order valence-corrected chi connectivity index (χ3v) is 4.84. The Morgan fingerprint density at radius 3 is 2.76 bits per heavy atom. The maximum atomic E-state index is 13.2. The molecule has 132 valence electrons. The Morgan fingerprint density at radius 1 is 1.32 bits per heavy atom. The van der Waals surface area contributed by atoms with Crippen LogP contribution in [0.15, 0.2) is 42.5 Å². The molecular weight excluding hydrogens is 345 g/mol. The molecule has 0 radical (unpaired) electrons. The van der Waals surface area contributed by atoms with Crippen LogP contribution in [0, 0.1) is 11.2 Å². The number of ether oxygens (including phenoxy) is 1. The molecule has 6 heteroatoms. The van der Waals surface area contributed by atoms with Gasteiger partial charge in [-0.3, -0.25) is 9.69 Å². The Bertz CT molecular complexity index is 798. The SMILES string of the molecule is CC1(C(=O)O)CCN(Cc2ccccc2Oc2ccc(F)cc2Cl)C1. The maximum absolute atomic E-state index is 13.2. The number of likely N-dealkylation sites (tertiary alicyclic amines) is 1. The molecule has 0 saturated carbocycles. The van der Waals surface area contributed by atoms with Crippen molar-refractivity contribution in [2.24, 2.45) is 5.41 Å². The highest BCUT2D eigenvalue weighted by molar-refractivity contribution is 6.32.